The number of nitrogens with zero attached hydrogens (tertiary/aromatic N) is 3. The van der Waals surface area contributed by atoms with E-state index in [-0.39, 0.29) is 42.0 Å². The maximum atomic E-state index is 12.8. The lowest BCUT2D eigenvalue weighted by molar-refractivity contribution is -0.139. The van der Waals surface area contributed by atoms with Gasteiger partial charge in [0.15, 0.2) is 5.76 Å². The first-order valence-corrected chi connectivity index (χ1v) is 9.98. The molecule has 1 saturated heterocycles. The number of carboxylic acid groups (broad SMARTS) is 1. The summed E-state index contributed by atoms with van der Waals surface area (Å²) in [5, 5.41) is 12.4. The highest BCUT2D eigenvalue weighted by atomic mass is 32.2. The zero-order chi connectivity index (χ0) is 19.5. The zero-order valence-electron chi connectivity index (χ0n) is 15.3. The fraction of sp³-hybridized carbons (Fsp3) is 0.688. The van der Waals surface area contributed by atoms with Crippen LogP contribution >= 0.6 is 0 Å². The number of piperidine rings is 1. The van der Waals surface area contributed by atoms with Gasteiger partial charge in [0.2, 0.25) is 15.9 Å². The van der Waals surface area contributed by atoms with Crippen LogP contribution in [0.1, 0.15) is 37.1 Å². The quantitative estimate of drug-likeness (QED) is 0.741. The van der Waals surface area contributed by atoms with Gasteiger partial charge in [0.1, 0.15) is 10.6 Å². The van der Waals surface area contributed by atoms with Crippen LogP contribution in [0, 0.1) is 19.8 Å². The van der Waals surface area contributed by atoms with Crippen molar-refractivity contribution in [2.75, 3.05) is 26.7 Å². The topological polar surface area (TPSA) is 121 Å². The molecule has 0 aliphatic carbocycles. The Bertz CT molecular complexity index is 745. The summed E-state index contributed by atoms with van der Waals surface area (Å²) in [5.41, 5.74) is 0.332. The van der Waals surface area contributed by atoms with Crippen LogP contribution in [-0.4, -0.2) is 66.4 Å². The van der Waals surface area contributed by atoms with Crippen molar-refractivity contribution in [2.24, 2.45) is 5.92 Å². The Balaban J connectivity index is 1.94. The van der Waals surface area contributed by atoms with Crippen molar-refractivity contribution in [2.45, 2.75) is 44.4 Å². The maximum absolute atomic E-state index is 12.8. The average Bonchev–Trinajstić information content (AvgIpc) is 2.93. The van der Waals surface area contributed by atoms with E-state index in [2.05, 4.69) is 5.16 Å². The highest BCUT2D eigenvalue weighted by Crippen LogP contribution is 2.28. The number of sulfonamides is 1. The Morgan fingerprint density at radius 1 is 1.31 bits per heavy atom. The molecular weight excluding hydrogens is 362 g/mol. The fourth-order valence-corrected chi connectivity index (χ4v) is 4.97. The molecule has 0 unspecified atom stereocenters. The van der Waals surface area contributed by atoms with Gasteiger partial charge in [0, 0.05) is 39.0 Å². The van der Waals surface area contributed by atoms with E-state index in [1.807, 2.05) is 0 Å². The largest absolute Gasteiger partial charge is 0.481 e. The molecule has 1 aromatic heterocycles. The Labute approximate surface area is 153 Å². The predicted molar refractivity (Wildman–Crippen MR) is 92.0 cm³/mol. The van der Waals surface area contributed by atoms with Crippen LogP contribution in [0.15, 0.2) is 9.42 Å². The maximum Gasteiger partial charge on any atom is 0.303 e. The van der Waals surface area contributed by atoms with Crippen molar-refractivity contribution in [3.8, 4) is 0 Å². The summed E-state index contributed by atoms with van der Waals surface area (Å²) in [6, 6.07) is 0. The second-order valence-electron chi connectivity index (χ2n) is 6.59. The molecule has 1 fully saturated rings. The molecule has 26 heavy (non-hydrogen) atoms. The van der Waals surface area contributed by atoms with Crippen molar-refractivity contribution in [1.82, 2.24) is 14.4 Å². The molecule has 10 heteroatoms. The average molecular weight is 387 g/mol. The van der Waals surface area contributed by atoms with E-state index in [1.54, 1.807) is 20.9 Å². The molecule has 0 aromatic carbocycles. The fourth-order valence-electron chi connectivity index (χ4n) is 3.20. The van der Waals surface area contributed by atoms with E-state index in [9.17, 15) is 18.0 Å². The van der Waals surface area contributed by atoms with Gasteiger partial charge in [-0.25, -0.2) is 8.42 Å². The lowest BCUT2D eigenvalue weighted by Crippen LogP contribution is -2.43. The smallest absolute Gasteiger partial charge is 0.303 e. The Morgan fingerprint density at radius 2 is 1.92 bits per heavy atom. The molecule has 0 radical (unpaired) electrons. The van der Waals surface area contributed by atoms with Crippen molar-refractivity contribution in [1.29, 1.82) is 0 Å². The molecule has 1 amide bonds. The third-order valence-electron chi connectivity index (χ3n) is 4.63. The number of aryl methyl sites for hydroxylation is 2. The zero-order valence-corrected chi connectivity index (χ0v) is 16.1. The van der Waals surface area contributed by atoms with Crippen molar-refractivity contribution in [3.63, 3.8) is 0 Å². The van der Waals surface area contributed by atoms with E-state index in [0.717, 1.165) is 0 Å². The number of carbonyl (C=O) groups is 2. The van der Waals surface area contributed by atoms with Gasteiger partial charge in [-0.2, -0.15) is 4.31 Å². The van der Waals surface area contributed by atoms with Crippen LogP contribution in [-0.2, 0) is 19.6 Å². The highest BCUT2D eigenvalue weighted by Gasteiger charge is 2.36. The van der Waals surface area contributed by atoms with Crippen LogP contribution < -0.4 is 0 Å². The van der Waals surface area contributed by atoms with Gasteiger partial charge >= 0.3 is 5.97 Å². The third kappa shape index (κ3) is 4.42. The Morgan fingerprint density at radius 3 is 2.42 bits per heavy atom. The molecule has 1 aliphatic heterocycles. The number of hydrogen-bond acceptors (Lipinski definition) is 6. The summed E-state index contributed by atoms with van der Waals surface area (Å²) in [6.45, 7) is 4.04. The van der Waals surface area contributed by atoms with Gasteiger partial charge < -0.3 is 14.5 Å². The number of aromatic nitrogens is 1. The van der Waals surface area contributed by atoms with Crippen LogP contribution in [0.5, 0.6) is 0 Å². The molecular formula is C16H25N3O6S. The van der Waals surface area contributed by atoms with Crippen LogP contribution in [0.4, 0.5) is 0 Å². The summed E-state index contributed by atoms with van der Waals surface area (Å²) < 4.78 is 31.9. The van der Waals surface area contributed by atoms with Gasteiger partial charge in [-0.3, -0.25) is 9.59 Å². The monoisotopic (exact) mass is 387 g/mol. The molecule has 1 N–H and O–H groups in total. The van der Waals surface area contributed by atoms with E-state index in [0.29, 0.717) is 31.5 Å². The number of carboxylic acids is 1. The number of rotatable bonds is 7. The minimum Gasteiger partial charge on any atom is -0.481 e. The number of carbonyl (C=O) groups excluding carboxylic acids is 1. The normalized spacial score (nSPS) is 16.6. The minimum absolute atomic E-state index is 0.0196. The van der Waals surface area contributed by atoms with E-state index < -0.39 is 16.0 Å². The Kier molecular flexibility index (Phi) is 6.40. The van der Waals surface area contributed by atoms with Gasteiger partial charge in [0.25, 0.3) is 0 Å². The molecule has 0 saturated carbocycles. The van der Waals surface area contributed by atoms with Gasteiger partial charge in [-0.1, -0.05) is 5.16 Å². The molecule has 146 valence electrons. The van der Waals surface area contributed by atoms with Crippen LogP contribution in [0.25, 0.3) is 0 Å². The van der Waals surface area contributed by atoms with E-state index >= 15 is 0 Å². The second-order valence-corrected chi connectivity index (χ2v) is 8.46. The lowest BCUT2D eigenvalue weighted by atomic mass is 9.96. The predicted octanol–water partition coefficient (Wildman–Crippen LogP) is 1.02. The molecule has 9 nitrogen and oxygen atoms in total. The summed E-state index contributed by atoms with van der Waals surface area (Å²) in [6.07, 6.45) is 1.29. The van der Waals surface area contributed by atoms with Crippen molar-refractivity contribution >= 4 is 21.9 Å². The first-order valence-electron chi connectivity index (χ1n) is 8.54. The van der Waals surface area contributed by atoms with E-state index in [1.165, 1.54) is 9.21 Å². The summed E-state index contributed by atoms with van der Waals surface area (Å²) >= 11 is 0. The standard InChI is InChI=1S/C16H25N3O6S/c1-11-15(12(2)25-17-11)26(23,24)19-9-6-13(7-10-19)16(22)18(3)8-4-5-14(20)21/h13H,4-10H2,1-3H3,(H,20,21). The molecule has 0 bridgehead atoms. The van der Waals surface area contributed by atoms with E-state index in [4.69, 9.17) is 9.63 Å². The number of hydrogen-bond donors (Lipinski definition) is 1. The number of amides is 1. The SMILES string of the molecule is Cc1noc(C)c1S(=O)(=O)N1CCC(C(=O)N(C)CCCC(=O)O)CC1. The first-order chi connectivity index (χ1) is 12.1. The minimum atomic E-state index is -3.69. The molecule has 2 heterocycles. The molecule has 2 rings (SSSR count). The van der Waals surface area contributed by atoms with Gasteiger partial charge in [-0.15, -0.1) is 0 Å². The molecule has 0 atom stereocenters. The molecule has 1 aliphatic rings. The molecule has 1 aromatic rings. The van der Waals surface area contributed by atoms with Crippen LogP contribution in [0.3, 0.4) is 0 Å². The third-order valence-corrected chi connectivity index (χ3v) is 6.77. The van der Waals surface area contributed by atoms with Crippen molar-refractivity contribution < 1.29 is 27.6 Å². The first kappa shape index (κ1) is 20.4. The number of aliphatic carboxylic acids is 1. The van der Waals surface area contributed by atoms with Gasteiger partial charge in [-0.05, 0) is 33.1 Å². The Hall–Kier alpha value is -1.94. The molecule has 0 spiro atoms. The van der Waals surface area contributed by atoms with Crippen LogP contribution in [0.2, 0.25) is 0 Å². The lowest BCUT2D eigenvalue weighted by Gasteiger charge is -2.32. The van der Waals surface area contributed by atoms with Gasteiger partial charge in [0.05, 0.1) is 0 Å². The second kappa shape index (κ2) is 8.17. The van der Waals surface area contributed by atoms with Crippen molar-refractivity contribution in [3.05, 3.63) is 11.5 Å². The highest BCUT2D eigenvalue weighted by molar-refractivity contribution is 7.89. The summed E-state index contributed by atoms with van der Waals surface area (Å²) in [4.78, 5) is 24.6. The summed E-state index contributed by atoms with van der Waals surface area (Å²) in [7, 11) is -2.04. The summed E-state index contributed by atoms with van der Waals surface area (Å²) in [5.74, 6) is -0.937.